The molecule has 30 heavy (non-hydrogen) atoms. The van der Waals surface area contributed by atoms with Crippen LogP contribution in [0.15, 0.2) is 72.8 Å². The molecule has 0 saturated carbocycles. The number of rotatable bonds is 7. The van der Waals surface area contributed by atoms with Crippen LogP contribution in [0, 0.1) is 11.6 Å². The number of alkyl halides is 3. The minimum atomic E-state index is -4.61. The lowest BCUT2D eigenvalue weighted by molar-refractivity contribution is -0.0790. The van der Waals surface area contributed by atoms with Crippen molar-refractivity contribution >= 4 is 6.08 Å². The number of allylic oxidation sites excluding steroid dienone is 1. The fourth-order valence-electron chi connectivity index (χ4n) is 3.27. The lowest BCUT2D eigenvalue weighted by Gasteiger charge is -2.07. The summed E-state index contributed by atoms with van der Waals surface area (Å²) in [6, 6.07) is 20.6. The Morgan fingerprint density at radius 2 is 1.20 bits per heavy atom. The van der Waals surface area contributed by atoms with Gasteiger partial charge in [-0.3, -0.25) is 0 Å². The Labute approximate surface area is 172 Å². The molecule has 0 unspecified atom stereocenters. The van der Waals surface area contributed by atoms with Crippen molar-refractivity contribution in [3.05, 3.63) is 101 Å². The summed E-state index contributed by atoms with van der Waals surface area (Å²) in [5.41, 5.74) is 3.24. The predicted octanol–water partition coefficient (Wildman–Crippen LogP) is 7.77. The van der Waals surface area contributed by atoms with Crippen LogP contribution >= 0.6 is 0 Å². The number of benzene rings is 3. The number of hydrogen-bond donors (Lipinski definition) is 0. The molecule has 0 fully saturated rings. The Kier molecular flexibility index (Phi) is 7.03. The molecule has 0 aliphatic rings. The van der Waals surface area contributed by atoms with E-state index >= 15 is 0 Å². The molecule has 0 spiro atoms. The topological polar surface area (TPSA) is 0 Å². The number of unbranched alkanes of at least 4 members (excludes halogenated alkanes) is 1. The SMILES string of the molecule is Fc1cc(CCCCc2ccc(-c3ccccc3)cc2)cc(F)c1/C=C/C(F)(F)F. The highest BCUT2D eigenvalue weighted by atomic mass is 19.4. The van der Waals surface area contributed by atoms with Gasteiger partial charge in [-0.25, -0.2) is 8.78 Å². The third-order valence-corrected chi connectivity index (χ3v) is 4.82. The quantitative estimate of drug-likeness (QED) is 0.273. The van der Waals surface area contributed by atoms with E-state index in [0.717, 1.165) is 42.5 Å². The summed E-state index contributed by atoms with van der Waals surface area (Å²) in [5, 5.41) is 0. The highest BCUT2D eigenvalue weighted by Gasteiger charge is 2.22. The van der Waals surface area contributed by atoms with Crippen LogP contribution < -0.4 is 0 Å². The van der Waals surface area contributed by atoms with Crippen molar-refractivity contribution in [1.82, 2.24) is 0 Å². The largest absolute Gasteiger partial charge is 0.409 e. The first-order valence-corrected chi connectivity index (χ1v) is 9.70. The van der Waals surface area contributed by atoms with Crippen molar-refractivity contribution in [2.75, 3.05) is 0 Å². The maximum absolute atomic E-state index is 14.0. The second kappa shape index (κ2) is 9.70. The normalized spacial score (nSPS) is 11.9. The lowest BCUT2D eigenvalue weighted by atomic mass is 10.00. The van der Waals surface area contributed by atoms with Gasteiger partial charge >= 0.3 is 6.18 Å². The summed E-state index contributed by atoms with van der Waals surface area (Å²) in [4.78, 5) is 0. The van der Waals surface area contributed by atoms with Gasteiger partial charge in [0, 0.05) is 11.6 Å². The van der Waals surface area contributed by atoms with E-state index in [9.17, 15) is 22.0 Å². The molecular weight excluding hydrogens is 395 g/mol. The molecule has 0 heterocycles. The Bertz CT molecular complexity index is 963. The standard InChI is InChI=1S/C25H21F5/c26-23-16-19(17-24(27)22(23)14-15-25(28,29)30)7-5-4-6-18-10-12-21(13-11-18)20-8-2-1-3-9-20/h1-3,8-17H,4-7H2/b15-14+. The zero-order chi connectivity index (χ0) is 21.6. The molecule has 3 aromatic rings. The Balaban J connectivity index is 1.52. The van der Waals surface area contributed by atoms with Gasteiger partial charge in [-0.15, -0.1) is 0 Å². The molecule has 156 valence electrons. The maximum Gasteiger partial charge on any atom is 0.409 e. The van der Waals surface area contributed by atoms with Gasteiger partial charge in [0.2, 0.25) is 0 Å². The minimum Gasteiger partial charge on any atom is -0.206 e. The Morgan fingerprint density at radius 1 is 0.667 bits per heavy atom. The number of halogens is 5. The van der Waals surface area contributed by atoms with Crippen LogP contribution in [-0.2, 0) is 12.8 Å². The van der Waals surface area contributed by atoms with Crippen LogP contribution in [0.2, 0.25) is 0 Å². The summed E-state index contributed by atoms with van der Waals surface area (Å²) in [6.45, 7) is 0. The van der Waals surface area contributed by atoms with Crippen molar-refractivity contribution in [2.45, 2.75) is 31.9 Å². The first-order chi connectivity index (χ1) is 14.3. The fraction of sp³-hybridized carbons (Fsp3) is 0.200. The molecule has 0 radical (unpaired) electrons. The van der Waals surface area contributed by atoms with E-state index in [1.807, 2.05) is 18.2 Å². The minimum absolute atomic E-state index is 0.169. The Hall–Kier alpha value is -2.95. The van der Waals surface area contributed by atoms with Gasteiger partial charge in [0.1, 0.15) is 11.6 Å². The van der Waals surface area contributed by atoms with Crippen molar-refractivity contribution in [3.63, 3.8) is 0 Å². The average Bonchev–Trinajstić information content (AvgIpc) is 2.71. The molecule has 0 aliphatic carbocycles. The Morgan fingerprint density at radius 3 is 1.77 bits per heavy atom. The summed E-state index contributed by atoms with van der Waals surface area (Å²) in [7, 11) is 0. The smallest absolute Gasteiger partial charge is 0.206 e. The average molecular weight is 416 g/mol. The monoisotopic (exact) mass is 416 g/mol. The number of aryl methyl sites for hydroxylation is 2. The third-order valence-electron chi connectivity index (χ3n) is 4.82. The first-order valence-electron chi connectivity index (χ1n) is 9.70. The molecule has 3 rings (SSSR count). The fourth-order valence-corrected chi connectivity index (χ4v) is 3.27. The lowest BCUT2D eigenvalue weighted by Crippen LogP contribution is -2.01. The van der Waals surface area contributed by atoms with E-state index in [0.29, 0.717) is 18.1 Å². The van der Waals surface area contributed by atoms with E-state index in [-0.39, 0.29) is 6.08 Å². The summed E-state index contributed by atoms with van der Waals surface area (Å²) in [6.07, 6.45) is -1.51. The second-order valence-electron chi connectivity index (χ2n) is 7.12. The van der Waals surface area contributed by atoms with Crippen molar-refractivity contribution in [1.29, 1.82) is 0 Å². The zero-order valence-corrected chi connectivity index (χ0v) is 16.2. The summed E-state index contributed by atoms with van der Waals surface area (Å²) in [5.74, 6) is -1.97. The van der Waals surface area contributed by atoms with Gasteiger partial charge in [-0.2, -0.15) is 13.2 Å². The molecule has 0 nitrogen and oxygen atoms in total. The van der Waals surface area contributed by atoms with Crippen molar-refractivity contribution < 1.29 is 22.0 Å². The highest BCUT2D eigenvalue weighted by Crippen LogP contribution is 2.23. The van der Waals surface area contributed by atoms with Crippen LogP contribution in [0.25, 0.3) is 17.2 Å². The third kappa shape index (κ3) is 6.28. The second-order valence-corrected chi connectivity index (χ2v) is 7.12. The van der Waals surface area contributed by atoms with Gasteiger partial charge < -0.3 is 0 Å². The van der Waals surface area contributed by atoms with Crippen molar-refractivity contribution in [2.24, 2.45) is 0 Å². The molecule has 0 saturated heterocycles. The van der Waals surface area contributed by atoms with Gasteiger partial charge in [-0.1, -0.05) is 54.6 Å². The van der Waals surface area contributed by atoms with Gasteiger partial charge in [-0.05, 0) is 66.1 Å². The van der Waals surface area contributed by atoms with Crippen LogP contribution in [0.5, 0.6) is 0 Å². The summed E-state index contributed by atoms with van der Waals surface area (Å²) < 4.78 is 64.6. The van der Waals surface area contributed by atoms with Crippen LogP contribution in [0.3, 0.4) is 0 Å². The molecule has 0 N–H and O–H groups in total. The first kappa shape index (κ1) is 21.8. The molecule has 0 aliphatic heterocycles. The molecule has 0 bridgehead atoms. The van der Waals surface area contributed by atoms with E-state index < -0.39 is 23.4 Å². The molecule has 0 amide bonds. The van der Waals surface area contributed by atoms with E-state index in [1.165, 1.54) is 5.56 Å². The van der Waals surface area contributed by atoms with Crippen LogP contribution in [-0.4, -0.2) is 6.18 Å². The van der Waals surface area contributed by atoms with E-state index in [4.69, 9.17) is 0 Å². The zero-order valence-electron chi connectivity index (χ0n) is 16.2. The van der Waals surface area contributed by atoms with Gasteiger partial charge in [0.05, 0.1) is 0 Å². The maximum atomic E-state index is 14.0. The molecular formula is C25H21F5. The van der Waals surface area contributed by atoms with Gasteiger partial charge in [0.15, 0.2) is 0 Å². The van der Waals surface area contributed by atoms with E-state index in [2.05, 4.69) is 36.4 Å². The van der Waals surface area contributed by atoms with Gasteiger partial charge in [0.25, 0.3) is 0 Å². The molecule has 5 heteroatoms. The van der Waals surface area contributed by atoms with Crippen LogP contribution in [0.4, 0.5) is 22.0 Å². The number of hydrogen-bond acceptors (Lipinski definition) is 0. The predicted molar refractivity (Wildman–Crippen MR) is 110 cm³/mol. The molecule has 0 atom stereocenters. The summed E-state index contributed by atoms with van der Waals surface area (Å²) >= 11 is 0. The van der Waals surface area contributed by atoms with E-state index in [1.54, 1.807) is 0 Å². The van der Waals surface area contributed by atoms with Crippen LogP contribution in [0.1, 0.15) is 29.5 Å². The highest BCUT2D eigenvalue weighted by molar-refractivity contribution is 5.63. The molecule has 0 aromatic heterocycles. The van der Waals surface area contributed by atoms with Crippen molar-refractivity contribution in [3.8, 4) is 11.1 Å². The molecule has 3 aromatic carbocycles.